The lowest BCUT2D eigenvalue weighted by molar-refractivity contribution is 0.181. The summed E-state index contributed by atoms with van der Waals surface area (Å²) in [5, 5.41) is 9.25. The van der Waals surface area contributed by atoms with Gasteiger partial charge in [-0.1, -0.05) is 30.3 Å². The molecule has 24 heavy (non-hydrogen) atoms. The zero-order valence-electron chi connectivity index (χ0n) is 13.8. The molecule has 1 aliphatic rings. The zero-order chi connectivity index (χ0) is 17.2. The van der Waals surface area contributed by atoms with E-state index in [-0.39, 0.29) is 11.5 Å². The number of aromatic nitrogens is 1. The monoisotopic (exact) mass is 349 g/mol. The van der Waals surface area contributed by atoms with E-state index in [0.29, 0.717) is 31.9 Å². The van der Waals surface area contributed by atoms with Gasteiger partial charge in [0.15, 0.2) is 0 Å². The van der Waals surface area contributed by atoms with Gasteiger partial charge in [0.05, 0.1) is 6.61 Å². The van der Waals surface area contributed by atoms with Crippen molar-refractivity contribution in [1.29, 1.82) is 0 Å². The maximum absolute atomic E-state index is 12.7. The summed E-state index contributed by atoms with van der Waals surface area (Å²) < 4.78 is 28.7. The highest BCUT2D eigenvalue weighted by Gasteiger charge is 2.29. The summed E-state index contributed by atoms with van der Waals surface area (Å²) in [6, 6.07) is 11.8. The summed E-state index contributed by atoms with van der Waals surface area (Å²) in [7, 11) is -1.76. The Kier molecular flexibility index (Phi) is 5.05. The first-order valence-corrected chi connectivity index (χ1v) is 9.47. The van der Waals surface area contributed by atoms with Crippen LogP contribution in [0.3, 0.4) is 0 Å². The summed E-state index contributed by atoms with van der Waals surface area (Å²) >= 11 is 0. The van der Waals surface area contributed by atoms with Gasteiger partial charge in [-0.25, -0.2) is 8.42 Å². The molecule has 2 aromatic rings. The number of rotatable bonds is 5. The molecule has 0 spiro atoms. The third-order valence-corrected chi connectivity index (χ3v) is 6.33. The molecule has 0 bridgehead atoms. The van der Waals surface area contributed by atoms with E-state index in [1.54, 1.807) is 23.9 Å². The summed E-state index contributed by atoms with van der Waals surface area (Å²) in [6.07, 6.45) is 1.57. The molecule has 1 aliphatic heterocycles. The topological polar surface area (TPSA) is 65.8 Å². The van der Waals surface area contributed by atoms with Crippen LogP contribution in [0.4, 0.5) is 0 Å². The number of piperazine rings is 1. The Morgan fingerprint density at radius 3 is 2.33 bits per heavy atom. The molecular weight excluding hydrogens is 326 g/mol. The predicted molar refractivity (Wildman–Crippen MR) is 91.8 cm³/mol. The summed E-state index contributed by atoms with van der Waals surface area (Å²) in [5.74, 6) is 0. The predicted octanol–water partition coefficient (Wildman–Crippen LogP) is 1.02. The first kappa shape index (κ1) is 17.2. The molecule has 1 aromatic heterocycles. The molecule has 0 radical (unpaired) electrons. The van der Waals surface area contributed by atoms with E-state index in [4.69, 9.17) is 0 Å². The van der Waals surface area contributed by atoms with Crippen LogP contribution in [0, 0.1) is 0 Å². The maximum atomic E-state index is 12.7. The fraction of sp³-hybridized carbons (Fsp3) is 0.412. The van der Waals surface area contributed by atoms with Crippen molar-refractivity contribution in [2.75, 3.05) is 26.2 Å². The van der Waals surface area contributed by atoms with Gasteiger partial charge in [0.2, 0.25) is 10.0 Å². The number of aliphatic hydroxyl groups excluding tert-OH is 1. The lowest BCUT2D eigenvalue weighted by Crippen LogP contribution is -2.48. The van der Waals surface area contributed by atoms with Crippen LogP contribution in [0.5, 0.6) is 0 Å². The molecule has 1 aromatic carbocycles. The molecule has 1 N–H and O–H groups in total. The molecular formula is C17H23N3O3S. The van der Waals surface area contributed by atoms with E-state index in [9.17, 15) is 13.5 Å². The Morgan fingerprint density at radius 1 is 1.08 bits per heavy atom. The summed E-state index contributed by atoms with van der Waals surface area (Å²) in [4.78, 5) is 2.52. The van der Waals surface area contributed by atoms with Gasteiger partial charge in [0.1, 0.15) is 4.90 Å². The van der Waals surface area contributed by atoms with Gasteiger partial charge >= 0.3 is 0 Å². The Hall–Kier alpha value is -1.67. The number of aliphatic hydroxyl groups is 1. The Bertz CT molecular complexity index is 779. The Balaban J connectivity index is 1.65. The van der Waals surface area contributed by atoms with Gasteiger partial charge < -0.3 is 9.67 Å². The van der Waals surface area contributed by atoms with Crippen molar-refractivity contribution in [3.63, 3.8) is 0 Å². The van der Waals surface area contributed by atoms with E-state index in [1.807, 2.05) is 18.2 Å². The van der Waals surface area contributed by atoms with E-state index < -0.39 is 10.0 Å². The molecule has 0 saturated carbocycles. The third-order valence-electron chi connectivity index (χ3n) is 4.46. The Labute approximate surface area is 143 Å². The second-order valence-electron chi connectivity index (χ2n) is 6.10. The number of benzene rings is 1. The second kappa shape index (κ2) is 7.06. The minimum absolute atomic E-state index is 0.170. The SMILES string of the molecule is Cn1cc(S(=O)(=O)N2CCN(Cc3ccccc3)CC2)cc1CO. The average Bonchev–Trinajstić information content (AvgIpc) is 2.98. The number of hydrogen-bond acceptors (Lipinski definition) is 4. The van der Waals surface area contributed by atoms with Crippen molar-refractivity contribution in [3.05, 3.63) is 53.9 Å². The molecule has 0 amide bonds. The van der Waals surface area contributed by atoms with Crippen LogP contribution < -0.4 is 0 Å². The highest BCUT2D eigenvalue weighted by atomic mass is 32.2. The van der Waals surface area contributed by atoms with Crippen molar-refractivity contribution in [3.8, 4) is 0 Å². The molecule has 1 saturated heterocycles. The van der Waals surface area contributed by atoms with Crippen molar-refractivity contribution in [1.82, 2.24) is 13.8 Å². The van der Waals surface area contributed by atoms with E-state index in [2.05, 4.69) is 17.0 Å². The van der Waals surface area contributed by atoms with Gasteiger partial charge in [-0.15, -0.1) is 0 Å². The molecule has 6 nitrogen and oxygen atoms in total. The zero-order valence-corrected chi connectivity index (χ0v) is 14.6. The number of sulfonamides is 1. The van der Waals surface area contributed by atoms with Crippen molar-refractivity contribution in [2.24, 2.45) is 7.05 Å². The number of nitrogens with zero attached hydrogens (tertiary/aromatic N) is 3. The average molecular weight is 349 g/mol. The quantitative estimate of drug-likeness (QED) is 0.875. The van der Waals surface area contributed by atoms with Gasteiger partial charge in [0.25, 0.3) is 0 Å². The molecule has 1 fully saturated rings. The summed E-state index contributed by atoms with van der Waals surface area (Å²) in [6.45, 7) is 3.07. The smallest absolute Gasteiger partial charge is 0.244 e. The standard InChI is InChI=1S/C17H23N3O3S/c1-18-13-17(11-16(18)14-21)24(22,23)20-9-7-19(8-10-20)12-15-5-3-2-4-6-15/h2-6,11,13,21H,7-10,12,14H2,1H3. The fourth-order valence-corrected chi connectivity index (χ4v) is 4.51. The molecule has 3 rings (SSSR count). The molecule has 0 aliphatic carbocycles. The molecule has 7 heteroatoms. The number of aryl methyl sites for hydroxylation is 1. The minimum Gasteiger partial charge on any atom is -0.390 e. The molecule has 0 atom stereocenters. The van der Waals surface area contributed by atoms with Gasteiger partial charge in [-0.3, -0.25) is 4.90 Å². The van der Waals surface area contributed by atoms with E-state index >= 15 is 0 Å². The van der Waals surface area contributed by atoms with Crippen LogP contribution in [-0.4, -0.2) is 53.5 Å². The van der Waals surface area contributed by atoms with Gasteiger partial charge in [0, 0.05) is 51.7 Å². The van der Waals surface area contributed by atoms with Crippen LogP contribution in [0.2, 0.25) is 0 Å². The third kappa shape index (κ3) is 3.54. The van der Waals surface area contributed by atoms with Crippen molar-refractivity contribution >= 4 is 10.0 Å². The van der Waals surface area contributed by atoms with Crippen molar-refractivity contribution < 1.29 is 13.5 Å². The van der Waals surface area contributed by atoms with Crippen molar-refractivity contribution in [2.45, 2.75) is 18.0 Å². The minimum atomic E-state index is -3.50. The maximum Gasteiger partial charge on any atom is 0.244 e. The van der Waals surface area contributed by atoms with E-state index in [1.165, 1.54) is 9.87 Å². The highest BCUT2D eigenvalue weighted by Crippen LogP contribution is 2.20. The van der Waals surface area contributed by atoms with Gasteiger partial charge in [-0.2, -0.15) is 4.31 Å². The lowest BCUT2D eigenvalue weighted by Gasteiger charge is -2.33. The normalized spacial score (nSPS) is 17.2. The number of hydrogen-bond donors (Lipinski definition) is 1. The van der Waals surface area contributed by atoms with Crippen LogP contribution in [-0.2, 0) is 30.2 Å². The molecule has 2 heterocycles. The fourth-order valence-electron chi connectivity index (χ4n) is 2.99. The van der Waals surface area contributed by atoms with Gasteiger partial charge in [-0.05, 0) is 11.6 Å². The second-order valence-corrected chi connectivity index (χ2v) is 8.04. The van der Waals surface area contributed by atoms with Crippen LogP contribution in [0.1, 0.15) is 11.3 Å². The summed E-state index contributed by atoms with van der Waals surface area (Å²) in [5.41, 5.74) is 1.83. The molecule has 130 valence electrons. The van der Waals surface area contributed by atoms with Crippen LogP contribution >= 0.6 is 0 Å². The van der Waals surface area contributed by atoms with E-state index in [0.717, 1.165) is 6.54 Å². The van der Waals surface area contributed by atoms with Crippen LogP contribution in [0.15, 0.2) is 47.5 Å². The highest BCUT2D eigenvalue weighted by molar-refractivity contribution is 7.89. The largest absolute Gasteiger partial charge is 0.390 e. The van der Waals surface area contributed by atoms with Crippen LogP contribution in [0.25, 0.3) is 0 Å². The lowest BCUT2D eigenvalue weighted by atomic mass is 10.2. The first-order valence-electron chi connectivity index (χ1n) is 8.03. The first-order chi connectivity index (χ1) is 11.5. The Morgan fingerprint density at radius 2 is 1.75 bits per heavy atom. The molecule has 0 unspecified atom stereocenters.